The zero-order valence-electron chi connectivity index (χ0n) is 11.9. The molecule has 21 heavy (non-hydrogen) atoms. The van der Waals surface area contributed by atoms with Crippen LogP contribution in [0.25, 0.3) is 0 Å². The molecule has 1 unspecified atom stereocenters. The lowest BCUT2D eigenvalue weighted by Crippen LogP contribution is -2.28. The Kier molecular flexibility index (Phi) is 5.48. The van der Waals surface area contributed by atoms with Crippen LogP contribution in [0.1, 0.15) is 31.0 Å². The Morgan fingerprint density at radius 3 is 2.24 bits per heavy atom. The van der Waals surface area contributed by atoms with Crippen LogP contribution in [0.4, 0.5) is 0 Å². The monoisotopic (exact) mass is 324 g/mol. The molecule has 2 aromatic rings. The largest absolute Gasteiger partial charge is 0.491 e. The van der Waals surface area contributed by atoms with E-state index in [2.05, 4.69) is 5.43 Å². The zero-order chi connectivity index (χ0) is 15.4. The summed E-state index contributed by atoms with van der Waals surface area (Å²) in [6, 6.07) is 13.0. The Labute approximate surface area is 135 Å². The van der Waals surface area contributed by atoms with E-state index in [1.807, 2.05) is 50.2 Å². The van der Waals surface area contributed by atoms with Gasteiger partial charge in [-0.2, -0.15) is 0 Å². The Morgan fingerprint density at radius 1 is 1.00 bits per heavy atom. The molecule has 0 spiro atoms. The summed E-state index contributed by atoms with van der Waals surface area (Å²) in [5, 5.41) is 1.15. The normalized spacial score (nSPS) is 12.5. The van der Waals surface area contributed by atoms with Crippen molar-refractivity contribution in [2.45, 2.75) is 26.0 Å². The number of nitrogens with two attached hydrogens (primary N) is 1. The summed E-state index contributed by atoms with van der Waals surface area (Å²) in [6.45, 7) is 3.98. The van der Waals surface area contributed by atoms with E-state index in [-0.39, 0.29) is 12.1 Å². The molecule has 0 aliphatic carbocycles. The zero-order valence-corrected chi connectivity index (χ0v) is 13.4. The predicted octanol–water partition coefficient (Wildman–Crippen LogP) is 4.33. The van der Waals surface area contributed by atoms with E-state index in [9.17, 15) is 0 Å². The van der Waals surface area contributed by atoms with E-state index in [1.54, 1.807) is 6.07 Å². The van der Waals surface area contributed by atoms with E-state index in [1.165, 1.54) is 0 Å². The van der Waals surface area contributed by atoms with Crippen molar-refractivity contribution in [3.63, 3.8) is 0 Å². The van der Waals surface area contributed by atoms with E-state index in [0.717, 1.165) is 16.9 Å². The maximum absolute atomic E-state index is 6.06. The number of nitrogens with one attached hydrogen (secondary N) is 1. The fraction of sp³-hybridized carbons (Fsp3) is 0.250. The first-order valence-electron chi connectivity index (χ1n) is 6.68. The van der Waals surface area contributed by atoms with Gasteiger partial charge in [-0.25, -0.2) is 5.43 Å². The van der Waals surface area contributed by atoms with Crippen molar-refractivity contribution in [2.24, 2.45) is 5.84 Å². The lowest BCUT2D eigenvalue weighted by Gasteiger charge is -2.19. The molecule has 0 radical (unpaired) electrons. The molecule has 0 heterocycles. The van der Waals surface area contributed by atoms with Crippen LogP contribution >= 0.6 is 23.2 Å². The average molecular weight is 325 g/mol. The van der Waals surface area contributed by atoms with Crippen LogP contribution in [0, 0.1) is 0 Å². The molecule has 5 heteroatoms. The molecule has 0 saturated carbocycles. The maximum atomic E-state index is 6.06. The molecule has 2 aromatic carbocycles. The lowest BCUT2D eigenvalue weighted by molar-refractivity contribution is 0.242. The molecule has 0 bridgehead atoms. The van der Waals surface area contributed by atoms with Gasteiger partial charge >= 0.3 is 0 Å². The van der Waals surface area contributed by atoms with Crippen molar-refractivity contribution in [3.8, 4) is 5.75 Å². The molecule has 0 saturated heterocycles. The summed E-state index contributed by atoms with van der Waals surface area (Å²) in [7, 11) is 0. The summed E-state index contributed by atoms with van der Waals surface area (Å²) in [4.78, 5) is 0. The fourth-order valence-corrected chi connectivity index (χ4v) is 2.71. The SMILES string of the molecule is CC(C)Oc1cccc(C(NN)c2cc(Cl)cc(Cl)c2)c1. The molecule has 0 aliphatic heterocycles. The summed E-state index contributed by atoms with van der Waals surface area (Å²) >= 11 is 12.1. The number of hydrazine groups is 1. The number of hydrogen-bond donors (Lipinski definition) is 2. The molecule has 3 nitrogen and oxygen atoms in total. The van der Waals surface area contributed by atoms with E-state index in [0.29, 0.717) is 10.0 Å². The molecule has 2 rings (SSSR count). The Balaban J connectivity index is 2.36. The van der Waals surface area contributed by atoms with Crippen molar-refractivity contribution in [1.29, 1.82) is 0 Å². The third-order valence-corrected chi connectivity index (χ3v) is 3.38. The van der Waals surface area contributed by atoms with Crippen molar-refractivity contribution >= 4 is 23.2 Å². The van der Waals surface area contributed by atoms with Gasteiger partial charge in [-0.05, 0) is 55.3 Å². The Hall–Kier alpha value is -1.26. The van der Waals surface area contributed by atoms with Crippen LogP contribution in [0.5, 0.6) is 5.75 Å². The predicted molar refractivity (Wildman–Crippen MR) is 87.8 cm³/mol. The first kappa shape index (κ1) is 16.1. The molecular formula is C16H18Cl2N2O. The van der Waals surface area contributed by atoms with Gasteiger partial charge in [-0.1, -0.05) is 35.3 Å². The van der Waals surface area contributed by atoms with Crippen LogP contribution in [-0.4, -0.2) is 6.10 Å². The van der Waals surface area contributed by atoms with Crippen LogP contribution in [0.15, 0.2) is 42.5 Å². The second-order valence-electron chi connectivity index (χ2n) is 5.04. The van der Waals surface area contributed by atoms with Crippen LogP contribution in [0.2, 0.25) is 10.0 Å². The maximum Gasteiger partial charge on any atom is 0.120 e. The summed E-state index contributed by atoms with van der Waals surface area (Å²) in [5.74, 6) is 6.51. The summed E-state index contributed by atoms with van der Waals surface area (Å²) < 4.78 is 5.71. The standard InChI is InChI=1S/C16H18Cl2N2O/c1-10(2)21-15-5-3-4-11(8-15)16(20-19)12-6-13(17)9-14(18)7-12/h3-10,16,20H,19H2,1-2H3. The van der Waals surface area contributed by atoms with Gasteiger partial charge in [0.25, 0.3) is 0 Å². The molecule has 1 atom stereocenters. The number of hydrogen-bond acceptors (Lipinski definition) is 3. The van der Waals surface area contributed by atoms with Crippen molar-refractivity contribution in [3.05, 3.63) is 63.6 Å². The summed E-state index contributed by atoms with van der Waals surface area (Å²) in [6.07, 6.45) is 0.116. The van der Waals surface area contributed by atoms with Crippen LogP contribution in [0.3, 0.4) is 0 Å². The molecule has 0 fully saturated rings. The number of halogens is 2. The third-order valence-electron chi connectivity index (χ3n) is 2.95. The first-order valence-corrected chi connectivity index (χ1v) is 7.44. The van der Waals surface area contributed by atoms with Crippen molar-refractivity contribution < 1.29 is 4.74 Å². The highest BCUT2D eigenvalue weighted by molar-refractivity contribution is 6.34. The average Bonchev–Trinajstić information content (AvgIpc) is 2.38. The highest BCUT2D eigenvalue weighted by atomic mass is 35.5. The van der Waals surface area contributed by atoms with Gasteiger partial charge in [0, 0.05) is 10.0 Å². The molecule has 0 amide bonds. The molecule has 0 aromatic heterocycles. The number of benzene rings is 2. The minimum absolute atomic E-state index is 0.116. The highest BCUT2D eigenvalue weighted by Crippen LogP contribution is 2.29. The Bertz CT molecular complexity index is 597. The molecule has 3 N–H and O–H groups in total. The van der Waals surface area contributed by atoms with Gasteiger partial charge in [0.05, 0.1) is 12.1 Å². The van der Waals surface area contributed by atoms with Crippen LogP contribution < -0.4 is 16.0 Å². The first-order chi connectivity index (χ1) is 9.99. The van der Waals surface area contributed by atoms with Gasteiger partial charge in [0.15, 0.2) is 0 Å². The van der Waals surface area contributed by atoms with Gasteiger partial charge < -0.3 is 4.74 Å². The number of rotatable bonds is 5. The number of ether oxygens (including phenoxy) is 1. The van der Waals surface area contributed by atoms with Crippen molar-refractivity contribution in [2.75, 3.05) is 0 Å². The van der Waals surface area contributed by atoms with E-state index >= 15 is 0 Å². The Morgan fingerprint density at radius 2 is 1.67 bits per heavy atom. The van der Waals surface area contributed by atoms with Crippen molar-refractivity contribution in [1.82, 2.24) is 5.43 Å². The smallest absolute Gasteiger partial charge is 0.120 e. The van der Waals surface area contributed by atoms with Gasteiger partial charge in [0.2, 0.25) is 0 Å². The minimum atomic E-state index is -0.211. The molecule has 0 aliphatic rings. The second-order valence-corrected chi connectivity index (χ2v) is 5.91. The quantitative estimate of drug-likeness (QED) is 0.635. The van der Waals surface area contributed by atoms with Gasteiger partial charge in [-0.3, -0.25) is 5.84 Å². The summed E-state index contributed by atoms with van der Waals surface area (Å²) in [5.41, 5.74) is 4.68. The second kappa shape index (κ2) is 7.14. The fourth-order valence-electron chi connectivity index (χ4n) is 2.17. The van der Waals surface area contributed by atoms with Gasteiger partial charge in [-0.15, -0.1) is 0 Å². The lowest BCUT2D eigenvalue weighted by atomic mass is 9.99. The molecular weight excluding hydrogens is 307 g/mol. The van der Waals surface area contributed by atoms with E-state index in [4.69, 9.17) is 33.8 Å². The molecule has 112 valence electrons. The topological polar surface area (TPSA) is 47.3 Å². The van der Waals surface area contributed by atoms with Crippen LogP contribution in [-0.2, 0) is 0 Å². The highest BCUT2D eigenvalue weighted by Gasteiger charge is 2.14. The minimum Gasteiger partial charge on any atom is -0.491 e. The van der Waals surface area contributed by atoms with E-state index < -0.39 is 0 Å². The van der Waals surface area contributed by atoms with Gasteiger partial charge in [0.1, 0.15) is 5.75 Å². The third kappa shape index (κ3) is 4.35.